The summed E-state index contributed by atoms with van der Waals surface area (Å²) in [6.45, 7) is 0.228. The first-order valence-electron chi connectivity index (χ1n) is 5.75. The van der Waals surface area contributed by atoms with E-state index in [1.165, 1.54) is 12.3 Å². The van der Waals surface area contributed by atoms with E-state index in [0.717, 1.165) is 11.8 Å². The van der Waals surface area contributed by atoms with Crippen molar-refractivity contribution in [2.45, 2.75) is 5.38 Å². The summed E-state index contributed by atoms with van der Waals surface area (Å²) in [5.41, 5.74) is 0.867. The molecule has 1 heterocycles. The molecule has 1 N–H and O–H groups in total. The van der Waals surface area contributed by atoms with E-state index in [9.17, 15) is 9.18 Å². The fourth-order valence-corrected chi connectivity index (χ4v) is 1.84. The van der Waals surface area contributed by atoms with E-state index < -0.39 is 11.7 Å². The molecule has 0 bridgehead atoms. The second kappa shape index (κ2) is 6.29. The number of hydrogen-bond acceptors (Lipinski definition) is 2. The highest BCUT2D eigenvalue weighted by Crippen LogP contribution is 2.18. The number of aromatic nitrogens is 1. The van der Waals surface area contributed by atoms with E-state index in [0.29, 0.717) is 0 Å². The van der Waals surface area contributed by atoms with Crippen molar-refractivity contribution in [3.05, 3.63) is 65.7 Å². The molecule has 0 aliphatic carbocycles. The van der Waals surface area contributed by atoms with Crippen molar-refractivity contribution in [3.63, 3.8) is 0 Å². The third-order valence-corrected chi connectivity index (χ3v) is 3.03. The Labute approximate surface area is 115 Å². The average molecular weight is 279 g/mol. The van der Waals surface area contributed by atoms with Crippen LogP contribution in [0.5, 0.6) is 0 Å². The van der Waals surface area contributed by atoms with Gasteiger partial charge in [-0.2, -0.15) is 0 Å². The number of benzene rings is 1. The minimum atomic E-state index is -0.647. The third kappa shape index (κ3) is 3.51. The van der Waals surface area contributed by atoms with Crippen molar-refractivity contribution >= 4 is 17.5 Å². The number of rotatable bonds is 4. The van der Waals surface area contributed by atoms with Gasteiger partial charge in [0.2, 0.25) is 0 Å². The van der Waals surface area contributed by atoms with E-state index in [1.54, 1.807) is 0 Å². The number of hydrogen-bond donors (Lipinski definition) is 1. The summed E-state index contributed by atoms with van der Waals surface area (Å²) in [6.07, 6.45) is 2.37. The predicted molar refractivity (Wildman–Crippen MR) is 71.6 cm³/mol. The molecule has 0 radical (unpaired) electrons. The second-order valence-electron chi connectivity index (χ2n) is 3.94. The summed E-state index contributed by atoms with van der Waals surface area (Å²) < 4.78 is 13.3. The standard InChI is InChI=1S/C14H12ClFN2O/c15-12(10-4-2-1-3-5-10)8-18-14(19)11-6-7-17-9-13(11)16/h1-7,9,12H,8H2,(H,18,19). The van der Waals surface area contributed by atoms with Crippen molar-refractivity contribution < 1.29 is 9.18 Å². The maximum absolute atomic E-state index is 13.3. The van der Waals surface area contributed by atoms with E-state index >= 15 is 0 Å². The van der Waals surface area contributed by atoms with Gasteiger partial charge in [0, 0.05) is 12.7 Å². The summed E-state index contributed by atoms with van der Waals surface area (Å²) in [5.74, 6) is -1.15. The average Bonchev–Trinajstić information content (AvgIpc) is 2.46. The molecule has 0 fully saturated rings. The number of amides is 1. The molecule has 2 aromatic rings. The molecular formula is C14H12ClFN2O. The van der Waals surface area contributed by atoms with Crippen molar-refractivity contribution in [2.24, 2.45) is 0 Å². The Bertz CT molecular complexity index is 562. The molecule has 19 heavy (non-hydrogen) atoms. The van der Waals surface area contributed by atoms with E-state index in [4.69, 9.17) is 11.6 Å². The summed E-state index contributed by atoms with van der Waals surface area (Å²) in [4.78, 5) is 15.4. The maximum atomic E-state index is 13.3. The van der Waals surface area contributed by atoms with Gasteiger partial charge < -0.3 is 5.32 Å². The molecule has 98 valence electrons. The normalized spacial score (nSPS) is 11.9. The minimum absolute atomic E-state index is 0.0353. The quantitative estimate of drug-likeness (QED) is 0.874. The molecule has 1 unspecified atom stereocenters. The van der Waals surface area contributed by atoms with Crippen LogP contribution in [0.3, 0.4) is 0 Å². The van der Waals surface area contributed by atoms with Gasteiger partial charge in [0.1, 0.15) is 0 Å². The number of halogens is 2. The molecular weight excluding hydrogens is 267 g/mol. The summed E-state index contributed by atoms with van der Waals surface area (Å²) in [5, 5.41) is 2.25. The Morgan fingerprint density at radius 2 is 2.05 bits per heavy atom. The van der Waals surface area contributed by atoms with E-state index in [-0.39, 0.29) is 17.5 Å². The zero-order valence-corrected chi connectivity index (χ0v) is 10.8. The van der Waals surface area contributed by atoms with Crippen LogP contribution < -0.4 is 5.32 Å². The number of carbonyl (C=O) groups is 1. The van der Waals surface area contributed by atoms with Gasteiger partial charge in [0.25, 0.3) is 5.91 Å². The monoisotopic (exact) mass is 278 g/mol. The third-order valence-electron chi connectivity index (χ3n) is 2.62. The summed E-state index contributed by atoms with van der Waals surface area (Å²) in [6, 6.07) is 10.7. The molecule has 0 spiro atoms. The van der Waals surface area contributed by atoms with Gasteiger partial charge in [-0.25, -0.2) is 4.39 Å². The van der Waals surface area contributed by atoms with Gasteiger partial charge in [-0.05, 0) is 11.6 Å². The lowest BCUT2D eigenvalue weighted by molar-refractivity contribution is 0.0949. The van der Waals surface area contributed by atoms with Crippen molar-refractivity contribution in [1.29, 1.82) is 0 Å². The van der Waals surface area contributed by atoms with Crippen LogP contribution in [0, 0.1) is 5.82 Å². The zero-order valence-electron chi connectivity index (χ0n) is 10.0. The van der Waals surface area contributed by atoms with Crippen LogP contribution in [-0.4, -0.2) is 17.4 Å². The Balaban J connectivity index is 1.96. The van der Waals surface area contributed by atoms with E-state index in [1.807, 2.05) is 30.3 Å². The van der Waals surface area contributed by atoms with Crippen LogP contribution in [0.25, 0.3) is 0 Å². The Morgan fingerprint density at radius 3 is 2.74 bits per heavy atom. The maximum Gasteiger partial charge on any atom is 0.254 e. The van der Waals surface area contributed by atoms with Crippen LogP contribution >= 0.6 is 11.6 Å². The Morgan fingerprint density at radius 1 is 1.32 bits per heavy atom. The van der Waals surface area contributed by atoms with Crippen LogP contribution in [0.4, 0.5) is 4.39 Å². The SMILES string of the molecule is O=C(NCC(Cl)c1ccccc1)c1ccncc1F. The van der Waals surface area contributed by atoms with Crippen LogP contribution in [0.15, 0.2) is 48.8 Å². The first kappa shape index (κ1) is 13.5. The lowest BCUT2D eigenvalue weighted by Crippen LogP contribution is -2.27. The van der Waals surface area contributed by atoms with Crippen LogP contribution in [-0.2, 0) is 0 Å². The molecule has 3 nitrogen and oxygen atoms in total. The van der Waals surface area contributed by atoms with Crippen molar-refractivity contribution in [1.82, 2.24) is 10.3 Å². The molecule has 0 aliphatic heterocycles. The number of alkyl halides is 1. The zero-order chi connectivity index (χ0) is 13.7. The molecule has 1 atom stereocenters. The number of nitrogens with zero attached hydrogens (tertiary/aromatic N) is 1. The van der Waals surface area contributed by atoms with Gasteiger partial charge in [-0.3, -0.25) is 9.78 Å². The highest BCUT2D eigenvalue weighted by atomic mass is 35.5. The second-order valence-corrected chi connectivity index (χ2v) is 4.47. The number of nitrogens with one attached hydrogen (secondary N) is 1. The topological polar surface area (TPSA) is 42.0 Å². The Hall–Kier alpha value is -1.94. The highest BCUT2D eigenvalue weighted by Gasteiger charge is 2.13. The molecule has 0 saturated carbocycles. The van der Waals surface area contributed by atoms with Crippen LogP contribution in [0.2, 0.25) is 0 Å². The van der Waals surface area contributed by atoms with Gasteiger partial charge in [-0.15, -0.1) is 11.6 Å². The molecule has 5 heteroatoms. The smallest absolute Gasteiger partial charge is 0.254 e. The van der Waals surface area contributed by atoms with Crippen LogP contribution in [0.1, 0.15) is 21.3 Å². The number of carbonyl (C=O) groups excluding carboxylic acids is 1. The minimum Gasteiger partial charge on any atom is -0.350 e. The molecule has 1 aromatic heterocycles. The van der Waals surface area contributed by atoms with Gasteiger partial charge >= 0.3 is 0 Å². The van der Waals surface area contributed by atoms with E-state index in [2.05, 4.69) is 10.3 Å². The first-order valence-corrected chi connectivity index (χ1v) is 6.19. The molecule has 1 aromatic carbocycles. The lowest BCUT2D eigenvalue weighted by atomic mass is 10.1. The van der Waals surface area contributed by atoms with Crippen molar-refractivity contribution in [2.75, 3.05) is 6.54 Å². The predicted octanol–water partition coefficient (Wildman–Crippen LogP) is 2.93. The summed E-state index contributed by atoms with van der Waals surface area (Å²) >= 11 is 6.16. The Kier molecular flexibility index (Phi) is 4.47. The number of pyridine rings is 1. The first-order chi connectivity index (χ1) is 9.18. The summed E-state index contributed by atoms with van der Waals surface area (Å²) in [7, 11) is 0. The van der Waals surface area contributed by atoms with Gasteiger partial charge in [0.15, 0.2) is 5.82 Å². The van der Waals surface area contributed by atoms with Gasteiger partial charge in [0.05, 0.1) is 17.1 Å². The fraction of sp³-hybridized carbons (Fsp3) is 0.143. The molecule has 1 amide bonds. The molecule has 2 rings (SSSR count). The highest BCUT2D eigenvalue weighted by molar-refractivity contribution is 6.21. The molecule has 0 aliphatic rings. The van der Waals surface area contributed by atoms with Gasteiger partial charge in [-0.1, -0.05) is 30.3 Å². The van der Waals surface area contributed by atoms with Crippen molar-refractivity contribution in [3.8, 4) is 0 Å². The lowest BCUT2D eigenvalue weighted by Gasteiger charge is -2.11. The largest absolute Gasteiger partial charge is 0.350 e. The molecule has 0 saturated heterocycles. The fourth-order valence-electron chi connectivity index (χ4n) is 1.62.